The van der Waals surface area contributed by atoms with Crippen molar-refractivity contribution in [2.24, 2.45) is 0 Å². The van der Waals surface area contributed by atoms with Gasteiger partial charge in [0.1, 0.15) is 5.82 Å². The summed E-state index contributed by atoms with van der Waals surface area (Å²) in [5.41, 5.74) is 4.41. The van der Waals surface area contributed by atoms with Crippen LogP contribution in [0.25, 0.3) is 0 Å². The number of aryl methyl sites for hydroxylation is 2. The maximum Gasteiger partial charge on any atom is 0.123 e. The first-order valence-corrected chi connectivity index (χ1v) is 7.01. The van der Waals surface area contributed by atoms with E-state index in [9.17, 15) is 4.39 Å². The Morgan fingerprint density at radius 1 is 1.00 bits per heavy atom. The molecule has 1 nitrogen and oxygen atoms in total. The van der Waals surface area contributed by atoms with Crippen LogP contribution in [0.1, 0.15) is 28.3 Å². The van der Waals surface area contributed by atoms with Crippen LogP contribution in [0.15, 0.2) is 40.9 Å². The van der Waals surface area contributed by atoms with Crippen molar-refractivity contribution in [2.45, 2.75) is 19.9 Å². The zero-order valence-electron chi connectivity index (χ0n) is 11.3. The minimum Gasteiger partial charge on any atom is -0.309 e. The summed E-state index contributed by atoms with van der Waals surface area (Å²) in [6.07, 6.45) is 0. The van der Waals surface area contributed by atoms with E-state index in [1.807, 2.05) is 26.1 Å². The van der Waals surface area contributed by atoms with Gasteiger partial charge in [-0.15, -0.1) is 0 Å². The molecule has 0 spiro atoms. The van der Waals surface area contributed by atoms with Crippen molar-refractivity contribution in [3.05, 3.63) is 68.9 Å². The van der Waals surface area contributed by atoms with Gasteiger partial charge >= 0.3 is 0 Å². The molecular weight excluding hydrogens is 305 g/mol. The third kappa shape index (κ3) is 3.04. The predicted octanol–water partition coefficient (Wildman–Crippen LogP) is 4.51. The van der Waals surface area contributed by atoms with Crippen LogP contribution < -0.4 is 5.32 Å². The summed E-state index contributed by atoms with van der Waals surface area (Å²) in [5, 5.41) is 3.28. The summed E-state index contributed by atoms with van der Waals surface area (Å²) >= 11 is 3.47. The van der Waals surface area contributed by atoms with Crippen LogP contribution in [0, 0.1) is 19.7 Å². The van der Waals surface area contributed by atoms with Gasteiger partial charge in [0.25, 0.3) is 0 Å². The van der Waals surface area contributed by atoms with Gasteiger partial charge in [-0.05, 0) is 67.4 Å². The van der Waals surface area contributed by atoms with Crippen molar-refractivity contribution in [3.8, 4) is 0 Å². The van der Waals surface area contributed by atoms with E-state index in [4.69, 9.17) is 0 Å². The van der Waals surface area contributed by atoms with E-state index in [0.29, 0.717) is 0 Å². The quantitative estimate of drug-likeness (QED) is 0.876. The molecule has 0 aliphatic heterocycles. The second kappa shape index (κ2) is 5.85. The highest BCUT2D eigenvalue weighted by Gasteiger charge is 2.17. The van der Waals surface area contributed by atoms with Crippen LogP contribution in [0.5, 0.6) is 0 Å². The third-order valence-corrected chi connectivity index (χ3v) is 3.88. The Bertz CT molecular complexity index is 595. The van der Waals surface area contributed by atoms with E-state index in [1.54, 1.807) is 6.07 Å². The molecule has 1 unspecified atom stereocenters. The molecule has 0 amide bonds. The Kier molecular flexibility index (Phi) is 4.38. The monoisotopic (exact) mass is 321 g/mol. The van der Waals surface area contributed by atoms with Gasteiger partial charge < -0.3 is 5.32 Å². The second-order valence-corrected chi connectivity index (χ2v) is 5.64. The average Bonchev–Trinajstić information content (AvgIpc) is 2.36. The van der Waals surface area contributed by atoms with Crippen LogP contribution in [0.4, 0.5) is 4.39 Å². The van der Waals surface area contributed by atoms with Crippen molar-refractivity contribution in [1.82, 2.24) is 5.32 Å². The SMILES string of the molecule is CNC(c1ccc(Br)cc1C)c1cc(F)ccc1C. The number of halogens is 2. The fraction of sp³-hybridized carbons (Fsp3) is 0.250. The lowest BCUT2D eigenvalue weighted by atomic mass is 9.92. The molecule has 0 aromatic heterocycles. The number of hydrogen-bond donors (Lipinski definition) is 1. The molecule has 19 heavy (non-hydrogen) atoms. The Hall–Kier alpha value is -1.19. The smallest absolute Gasteiger partial charge is 0.123 e. The number of benzene rings is 2. The van der Waals surface area contributed by atoms with Crippen LogP contribution in [-0.4, -0.2) is 7.05 Å². The summed E-state index contributed by atoms with van der Waals surface area (Å²) in [5.74, 6) is -0.199. The lowest BCUT2D eigenvalue weighted by molar-refractivity contribution is 0.614. The molecule has 3 heteroatoms. The normalized spacial score (nSPS) is 12.5. The highest BCUT2D eigenvalue weighted by Crippen LogP contribution is 2.29. The zero-order valence-corrected chi connectivity index (χ0v) is 12.9. The maximum atomic E-state index is 13.5. The Labute approximate surface area is 122 Å². The Morgan fingerprint density at radius 2 is 1.74 bits per heavy atom. The average molecular weight is 322 g/mol. The standard InChI is InChI=1S/C16H17BrFN/c1-10-4-6-13(18)9-15(10)16(19-3)14-7-5-12(17)8-11(14)2/h4-9,16,19H,1-3H3. The number of hydrogen-bond acceptors (Lipinski definition) is 1. The van der Waals surface area contributed by atoms with Crippen LogP contribution in [0.3, 0.4) is 0 Å². The van der Waals surface area contributed by atoms with Crippen molar-refractivity contribution >= 4 is 15.9 Å². The molecule has 0 heterocycles. The highest BCUT2D eigenvalue weighted by molar-refractivity contribution is 9.10. The van der Waals surface area contributed by atoms with E-state index in [1.165, 1.54) is 17.2 Å². The fourth-order valence-corrected chi connectivity index (χ4v) is 2.84. The molecule has 1 atom stereocenters. The first-order chi connectivity index (χ1) is 9.02. The summed E-state index contributed by atoms with van der Waals surface area (Å²) in [6.45, 7) is 4.08. The molecule has 0 fully saturated rings. The first-order valence-electron chi connectivity index (χ1n) is 6.22. The summed E-state index contributed by atoms with van der Waals surface area (Å²) in [6, 6.07) is 11.1. The van der Waals surface area contributed by atoms with Crippen LogP contribution in [-0.2, 0) is 0 Å². The first kappa shape index (κ1) is 14.2. The van der Waals surface area contributed by atoms with Gasteiger partial charge in [-0.1, -0.05) is 28.1 Å². The molecule has 1 N–H and O–H groups in total. The van der Waals surface area contributed by atoms with Gasteiger partial charge in [0, 0.05) is 4.47 Å². The van der Waals surface area contributed by atoms with E-state index in [0.717, 1.165) is 15.6 Å². The van der Waals surface area contributed by atoms with Gasteiger partial charge in [-0.25, -0.2) is 4.39 Å². The topological polar surface area (TPSA) is 12.0 Å². The van der Waals surface area contributed by atoms with Gasteiger partial charge in [-0.3, -0.25) is 0 Å². The van der Waals surface area contributed by atoms with Gasteiger partial charge in [0.05, 0.1) is 6.04 Å². The van der Waals surface area contributed by atoms with Crippen LogP contribution in [0.2, 0.25) is 0 Å². The van der Waals surface area contributed by atoms with Gasteiger partial charge in [0.15, 0.2) is 0 Å². The number of rotatable bonds is 3. The molecule has 2 aromatic rings. The van der Waals surface area contributed by atoms with Crippen molar-refractivity contribution in [1.29, 1.82) is 0 Å². The molecule has 0 saturated heterocycles. The zero-order chi connectivity index (χ0) is 14.0. The van der Waals surface area contributed by atoms with E-state index < -0.39 is 0 Å². The lowest BCUT2D eigenvalue weighted by Gasteiger charge is -2.21. The molecule has 0 aliphatic rings. The molecule has 2 rings (SSSR count). The van der Waals surface area contributed by atoms with E-state index >= 15 is 0 Å². The largest absolute Gasteiger partial charge is 0.309 e. The van der Waals surface area contributed by atoms with E-state index in [-0.39, 0.29) is 11.9 Å². The molecule has 0 saturated carbocycles. The molecule has 0 radical (unpaired) electrons. The molecule has 100 valence electrons. The summed E-state index contributed by atoms with van der Waals surface area (Å²) in [7, 11) is 1.90. The van der Waals surface area contributed by atoms with Gasteiger partial charge in [-0.2, -0.15) is 0 Å². The highest BCUT2D eigenvalue weighted by atomic mass is 79.9. The van der Waals surface area contributed by atoms with Gasteiger partial charge in [0.2, 0.25) is 0 Å². The minimum absolute atomic E-state index is 0.00352. The second-order valence-electron chi connectivity index (χ2n) is 4.72. The Balaban J connectivity index is 2.52. The van der Waals surface area contributed by atoms with Crippen LogP contribution >= 0.6 is 15.9 Å². The van der Waals surface area contributed by atoms with Crippen molar-refractivity contribution < 1.29 is 4.39 Å². The van der Waals surface area contributed by atoms with Crippen molar-refractivity contribution in [2.75, 3.05) is 7.05 Å². The fourth-order valence-electron chi connectivity index (χ4n) is 2.36. The third-order valence-electron chi connectivity index (χ3n) is 3.38. The van der Waals surface area contributed by atoms with Crippen molar-refractivity contribution in [3.63, 3.8) is 0 Å². The van der Waals surface area contributed by atoms with E-state index in [2.05, 4.69) is 40.3 Å². The summed E-state index contributed by atoms with van der Waals surface area (Å²) < 4.78 is 14.5. The molecular formula is C16H17BrFN. The minimum atomic E-state index is -0.199. The predicted molar refractivity (Wildman–Crippen MR) is 80.9 cm³/mol. The molecule has 0 aliphatic carbocycles. The molecule has 0 bridgehead atoms. The molecule has 2 aromatic carbocycles. The number of nitrogens with one attached hydrogen (secondary N) is 1. The summed E-state index contributed by atoms with van der Waals surface area (Å²) in [4.78, 5) is 0. The lowest BCUT2D eigenvalue weighted by Crippen LogP contribution is -2.19. The Morgan fingerprint density at radius 3 is 2.37 bits per heavy atom. The maximum absolute atomic E-state index is 13.5.